The fourth-order valence-corrected chi connectivity index (χ4v) is 3.30. The summed E-state index contributed by atoms with van der Waals surface area (Å²) >= 11 is 0. The number of fused-ring (bicyclic) bond motifs is 1. The number of carbonyl (C=O) groups is 2. The molecule has 7 heteroatoms. The number of amides is 1. The van der Waals surface area contributed by atoms with Gasteiger partial charge in [-0.2, -0.15) is 0 Å². The van der Waals surface area contributed by atoms with Crippen molar-refractivity contribution < 1.29 is 14.3 Å². The molecule has 0 radical (unpaired) electrons. The summed E-state index contributed by atoms with van der Waals surface area (Å²) in [6.07, 6.45) is 0.943. The predicted octanol–water partition coefficient (Wildman–Crippen LogP) is 2.44. The van der Waals surface area contributed by atoms with Crippen LogP contribution in [0, 0.1) is 0 Å². The quantitative estimate of drug-likeness (QED) is 0.715. The Morgan fingerprint density at radius 2 is 1.89 bits per heavy atom. The molecule has 1 aliphatic heterocycles. The van der Waals surface area contributed by atoms with Crippen LogP contribution in [0.15, 0.2) is 30.3 Å². The molecule has 0 N–H and O–H groups in total. The fraction of sp³-hybridized carbons (Fsp3) is 0.429. The molecule has 0 saturated heterocycles. The highest BCUT2D eigenvalue weighted by Gasteiger charge is 2.26. The van der Waals surface area contributed by atoms with E-state index >= 15 is 0 Å². The van der Waals surface area contributed by atoms with Gasteiger partial charge < -0.3 is 14.5 Å². The second kappa shape index (κ2) is 8.82. The van der Waals surface area contributed by atoms with Crippen molar-refractivity contribution in [3.8, 4) is 11.4 Å². The minimum atomic E-state index is -0.335. The normalized spacial score (nSPS) is 13.0. The third-order valence-electron chi connectivity index (χ3n) is 4.70. The van der Waals surface area contributed by atoms with Crippen LogP contribution in [0.1, 0.15) is 31.0 Å². The largest absolute Gasteiger partial charge is 0.466 e. The summed E-state index contributed by atoms with van der Waals surface area (Å²) < 4.78 is 4.91. The molecule has 3 rings (SSSR count). The number of esters is 1. The first-order chi connectivity index (χ1) is 13.5. The smallest absolute Gasteiger partial charge is 0.306 e. The van der Waals surface area contributed by atoms with Gasteiger partial charge in [-0.3, -0.25) is 9.59 Å². The minimum Gasteiger partial charge on any atom is -0.466 e. The number of ether oxygens (including phenoxy) is 1. The summed E-state index contributed by atoms with van der Waals surface area (Å²) in [7, 11) is 3.89. The zero-order valence-electron chi connectivity index (χ0n) is 16.6. The maximum Gasteiger partial charge on any atom is 0.306 e. The molecule has 0 spiro atoms. The SMILES string of the molecule is CCOC(=O)CCC(=O)N1CCc2nc(-c3ccccc3)nc(N(C)C)c2C1. The Balaban J connectivity index is 1.80. The zero-order valence-corrected chi connectivity index (χ0v) is 16.6. The molecule has 148 valence electrons. The van der Waals surface area contributed by atoms with Crippen molar-refractivity contribution >= 4 is 17.7 Å². The van der Waals surface area contributed by atoms with E-state index in [1.54, 1.807) is 11.8 Å². The van der Waals surface area contributed by atoms with Crippen LogP contribution in [0.4, 0.5) is 5.82 Å². The number of benzene rings is 1. The highest BCUT2D eigenvalue weighted by Crippen LogP contribution is 2.29. The number of carbonyl (C=O) groups excluding carboxylic acids is 2. The molecule has 1 aromatic carbocycles. The van der Waals surface area contributed by atoms with Crippen molar-refractivity contribution in [1.29, 1.82) is 0 Å². The third kappa shape index (κ3) is 4.47. The molecule has 1 aliphatic rings. The van der Waals surface area contributed by atoms with Crippen LogP contribution in [0.5, 0.6) is 0 Å². The molecule has 0 bridgehead atoms. The lowest BCUT2D eigenvalue weighted by Crippen LogP contribution is -2.37. The Morgan fingerprint density at radius 3 is 2.57 bits per heavy atom. The summed E-state index contributed by atoms with van der Waals surface area (Å²) in [5.74, 6) is 1.14. The Kier molecular flexibility index (Phi) is 6.23. The topological polar surface area (TPSA) is 75.6 Å². The first-order valence-corrected chi connectivity index (χ1v) is 9.55. The first kappa shape index (κ1) is 19.8. The lowest BCUT2D eigenvalue weighted by Gasteiger charge is -2.31. The molecule has 1 aromatic heterocycles. The van der Waals surface area contributed by atoms with Gasteiger partial charge in [0.1, 0.15) is 5.82 Å². The van der Waals surface area contributed by atoms with Crippen LogP contribution in [-0.2, 0) is 27.3 Å². The molecule has 28 heavy (non-hydrogen) atoms. The van der Waals surface area contributed by atoms with E-state index in [1.807, 2.05) is 49.3 Å². The first-order valence-electron chi connectivity index (χ1n) is 9.55. The standard InChI is InChI=1S/C21H26N4O3/c1-4-28-19(27)11-10-18(26)25-13-12-17-16(14-25)21(24(2)3)23-20(22-17)15-8-6-5-7-9-15/h5-9H,4,10-14H2,1-3H3. The van der Waals surface area contributed by atoms with Crippen molar-refractivity contribution in [1.82, 2.24) is 14.9 Å². The zero-order chi connectivity index (χ0) is 20.1. The summed E-state index contributed by atoms with van der Waals surface area (Å²) in [5, 5.41) is 0. The van der Waals surface area contributed by atoms with Gasteiger partial charge >= 0.3 is 5.97 Å². The summed E-state index contributed by atoms with van der Waals surface area (Å²) in [5.41, 5.74) is 2.92. The van der Waals surface area contributed by atoms with Gasteiger partial charge in [-0.15, -0.1) is 0 Å². The van der Waals surface area contributed by atoms with Gasteiger partial charge in [0.25, 0.3) is 0 Å². The van der Waals surface area contributed by atoms with E-state index in [1.165, 1.54) is 0 Å². The van der Waals surface area contributed by atoms with E-state index in [0.717, 1.165) is 22.6 Å². The van der Waals surface area contributed by atoms with E-state index in [2.05, 4.69) is 0 Å². The Morgan fingerprint density at radius 1 is 1.14 bits per heavy atom. The number of hydrogen-bond donors (Lipinski definition) is 0. The molecule has 0 fully saturated rings. The van der Waals surface area contributed by atoms with E-state index in [-0.39, 0.29) is 24.7 Å². The van der Waals surface area contributed by atoms with E-state index < -0.39 is 0 Å². The molecule has 1 amide bonds. The average Bonchev–Trinajstić information content (AvgIpc) is 2.71. The van der Waals surface area contributed by atoms with Crippen LogP contribution in [0.25, 0.3) is 11.4 Å². The average molecular weight is 382 g/mol. The summed E-state index contributed by atoms with van der Waals surface area (Å²) in [6, 6.07) is 9.90. The minimum absolute atomic E-state index is 0.0458. The Bertz CT molecular complexity index is 852. The molecule has 0 saturated carbocycles. The molecule has 2 aromatic rings. The Labute approximate surface area is 165 Å². The highest BCUT2D eigenvalue weighted by atomic mass is 16.5. The number of nitrogens with zero attached hydrogens (tertiary/aromatic N) is 4. The van der Waals surface area contributed by atoms with E-state index in [9.17, 15) is 9.59 Å². The van der Waals surface area contributed by atoms with Gasteiger partial charge in [-0.05, 0) is 6.92 Å². The van der Waals surface area contributed by atoms with Gasteiger partial charge in [0.05, 0.1) is 25.3 Å². The van der Waals surface area contributed by atoms with Crippen LogP contribution < -0.4 is 4.90 Å². The molecule has 7 nitrogen and oxygen atoms in total. The van der Waals surface area contributed by atoms with Gasteiger partial charge in [0, 0.05) is 44.6 Å². The van der Waals surface area contributed by atoms with Crippen molar-refractivity contribution in [2.75, 3.05) is 32.1 Å². The third-order valence-corrected chi connectivity index (χ3v) is 4.70. The second-order valence-corrected chi connectivity index (χ2v) is 6.93. The maximum atomic E-state index is 12.5. The number of rotatable bonds is 6. The fourth-order valence-electron chi connectivity index (χ4n) is 3.30. The van der Waals surface area contributed by atoms with Crippen molar-refractivity contribution in [3.05, 3.63) is 41.6 Å². The highest BCUT2D eigenvalue weighted by molar-refractivity contribution is 5.81. The van der Waals surface area contributed by atoms with Gasteiger partial charge in [0.2, 0.25) is 5.91 Å². The molecule has 2 heterocycles. The molecular weight excluding hydrogens is 356 g/mol. The van der Waals surface area contributed by atoms with Crippen molar-refractivity contribution in [2.45, 2.75) is 32.7 Å². The van der Waals surface area contributed by atoms with Crippen LogP contribution in [0.2, 0.25) is 0 Å². The number of aromatic nitrogens is 2. The van der Waals surface area contributed by atoms with E-state index in [0.29, 0.717) is 31.9 Å². The lowest BCUT2D eigenvalue weighted by molar-refractivity contribution is -0.145. The predicted molar refractivity (Wildman–Crippen MR) is 107 cm³/mol. The van der Waals surface area contributed by atoms with Crippen LogP contribution in [0.3, 0.4) is 0 Å². The van der Waals surface area contributed by atoms with Gasteiger partial charge in [-0.25, -0.2) is 9.97 Å². The molecule has 0 unspecified atom stereocenters. The molecule has 0 atom stereocenters. The van der Waals surface area contributed by atoms with Crippen molar-refractivity contribution in [2.24, 2.45) is 0 Å². The monoisotopic (exact) mass is 382 g/mol. The van der Waals surface area contributed by atoms with Crippen LogP contribution in [-0.4, -0.2) is 54.0 Å². The maximum absolute atomic E-state index is 12.5. The Hall–Kier alpha value is -2.96. The second-order valence-electron chi connectivity index (χ2n) is 6.93. The summed E-state index contributed by atoms with van der Waals surface area (Å²) in [4.78, 5) is 37.3. The molecule has 0 aliphatic carbocycles. The van der Waals surface area contributed by atoms with Crippen molar-refractivity contribution in [3.63, 3.8) is 0 Å². The molecular formula is C21H26N4O3. The number of anilines is 1. The summed E-state index contributed by atoms with van der Waals surface area (Å²) in [6.45, 7) is 3.14. The van der Waals surface area contributed by atoms with Crippen LogP contribution >= 0.6 is 0 Å². The van der Waals surface area contributed by atoms with Gasteiger partial charge in [-0.1, -0.05) is 30.3 Å². The number of hydrogen-bond acceptors (Lipinski definition) is 6. The lowest BCUT2D eigenvalue weighted by atomic mass is 10.0. The van der Waals surface area contributed by atoms with E-state index in [4.69, 9.17) is 14.7 Å². The van der Waals surface area contributed by atoms with Gasteiger partial charge in [0.15, 0.2) is 5.82 Å².